The van der Waals surface area contributed by atoms with E-state index in [1.54, 1.807) is 42.5 Å². The minimum absolute atomic E-state index is 0.247. The molecule has 8 nitrogen and oxygen atoms in total. The van der Waals surface area contributed by atoms with E-state index in [0.717, 1.165) is 25.6 Å². The van der Waals surface area contributed by atoms with Crippen LogP contribution in [0, 0.1) is 3.57 Å². The number of H-pyrrole nitrogens is 1. The molecule has 0 aliphatic rings. The van der Waals surface area contributed by atoms with Crippen molar-refractivity contribution in [1.82, 2.24) is 10.4 Å². The first kappa shape index (κ1) is 26.9. The number of carbonyl (C=O) groups is 2. The second-order valence-electron chi connectivity index (χ2n) is 8.63. The van der Waals surface area contributed by atoms with Gasteiger partial charge in [-0.15, -0.1) is 0 Å². The number of aromatic nitrogens is 1. The summed E-state index contributed by atoms with van der Waals surface area (Å²) in [6.07, 6.45) is 1.49. The van der Waals surface area contributed by atoms with Crippen molar-refractivity contribution >= 4 is 51.6 Å². The maximum absolute atomic E-state index is 13.2. The summed E-state index contributed by atoms with van der Waals surface area (Å²) < 4.78 is 17.1. The lowest BCUT2D eigenvalue weighted by Crippen LogP contribution is -2.18. The van der Waals surface area contributed by atoms with E-state index in [-0.39, 0.29) is 11.7 Å². The van der Waals surface area contributed by atoms with Gasteiger partial charge in [-0.25, -0.2) is 10.2 Å². The number of methoxy groups -OCH3 is 2. The van der Waals surface area contributed by atoms with Gasteiger partial charge >= 0.3 is 5.97 Å². The van der Waals surface area contributed by atoms with Crippen LogP contribution in [0.15, 0.2) is 96.1 Å². The van der Waals surface area contributed by atoms with Gasteiger partial charge in [0, 0.05) is 14.5 Å². The second kappa shape index (κ2) is 12.0. The number of carbonyl (C=O) groups excluding carboxylic acids is 2. The van der Waals surface area contributed by atoms with Gasteiger partial charge in [-0.1, -0.05) is 48.5 Å². The van der Waals surface area contributed by atoms with Crippen LogP contribution >= 0.6 is 22.6 Å². The molecule has 40 heavy (non-hydrogen) atoms. The summed E-state index contributed by atoms with van der Waals surface area (Å²) in [5.74, 6) is 0.207. The highest BCUT2D eigenvalue weighted by molar-refractivity contribution is 14.1. The van der Waals surface area contributed by atoms with Crippen LogP contribution in [0.1, 0.15) is 26.4 Å². The molecule has 5 aromatic rings. The monoisotopic (exact) mass is 645 g/mol. The summed E-state index contributed by atoms with van der Waals surface area (Å²) in [6, 6.07) is 27.3. The molecule has 0 fully saturated rings. The number of amides is 1. The molecule has 2 N–H and O–H groups in total. The number of benzene rings is 4. The van der Waals surface area contributed by atoms with E-state index in [9.17, 15) is 9.59 Å². The fourth-order valence-electron chi connectivity index (χ4n) is 4.24. The molecule has 0 radical (unpaired) electrons. The summed E-state index contributed by atoms with van der Waals surface area (Å²) in [5.41, 5.74) is 6.63. The molecule has 1 heterocycles. The highest BCUT2D eigenvalue weighted by atomic mass is 127. The molecule has 0 atom stereocenters. The van der Waals surface area contributed by atoms with Crippen molar-refractivity contribution in [1.29, 1.82) is 0 Å². The van der Waals surface area contributed by atoms with Crippen LogP contribution in [0.2, 0.25) is 0 Å². The number of aromatic amines is 1. The van der Waals surface area contributed by atoms with E-state index < -0.39 is 5.97 Å². The number of halogens is 1. The summed E-state index contributed by atoms with van der Waals surface area (Å²) in [6.45, 7) is 0. The van der Waals surface area contributed by atoms with Crippen molar-refractivity contribution in [3.8, 4) is 28.4 Å². The Labute approximate surface area is 244 Å². The molecular formula is C31H24IN3O5. The third-order valence-corrected chi connectivity index (χ3v) is 7.05. The van der Waals surface area contributed by atoms with Crippen molar-refractivity contribution in [2.45, 2.75) is 0 Å². The molecule has 9 heteroatoms. The molecule has 0 unspecified atom stereocenters. The maximum atomic E-state index is 13.2. The van der Waals surface area contributed by atoms with Gasteiger partial charge in [-0.2, -0.15) is 5.10 Å². The smallest absolute Gasteiger partial charge is 0.343 e. The van der Waals surface area contributed by atoms with E-state index in [2.05, 4.69) is 38.1 Å². The first-order valence-corrected chi connectivity index (χ1v) is 13.3. The topological polar surface area (TPSA) is 102 Å². The minimum Gasteiger partial charge on any atom is -0.497 e. The molecule has 1 amide bonds. The van der Waals surface area contributed by atoms with E-state index in [1.807, 2.05) is 48.5 Å². The van der Waals surface area contributed by atoms with Gasteiger partial charge < -0.3 is 19.2 Å². The van der Waals surface area contributed by atoms with Gasteiger partial charge in [0.15, 0.2) is 11.5 Å². The molecule has 4 aromatic carbocycles. The zero-order valence-corrected chi connectivity index (χ0v) is 23.8. The van der Waals surface area contributed by atoms with Gasteiger partial charge in [0.2, 0.25) is 0 Å². The van der Waals surface area contributed by atoms with Crippen molar-refractivity contribution in [3.05, 3.63) is 111 Å². The molecule has 0 saturated carbocycles. The number of fused-ring (bicyclic) bond motifs is 1. The zero-order valence-electron chi connectivity index (χ0n) is 21.6. The summed E-state index contributed by atoms with van der Waals surface area (Å²) in [4.78, 5) is 29.1. The Morgan fingerprint density at radius 3 is 2.45 bits per heavy atom. The van der Waals surface area contributed by atoms with E-state index >= 15 is 0 Å². The summed E-state index contributed by atoms with van der Waals surface area (Å²) >= 11 is 2.25. The molecular weight excluding hydrogens is 621 g/mol. The Balaban J connectivity index is 1.34. The molecule has 200 valence electrons. The Bertz CT molecular complexity index is 1730. The predicted octanol–water partition coefficient (Wildman–Crippen LogP) is 6.44. The van der Waals surface area contributed by atoms with Gasteiger partial charge in [-0.05, 0) is 76.2 Å². The van der Waals surface area contributed by atoms with E-state index in [1.165, 1.54) is 20.4 Å². The highest BCUT2D eigenvalue weighted by Gasteiger charge is 2.20. The van der Waals surface area contributed by atoms with Crippen LogP contribution in [-0.2, 0) is 0 Å². The number of hydrazone groups is 1. The number of nitrogens with one attached hydrogen (secondary N) is 2. The Kier molecular flexibility index (Phi) is 8.11. The summed E-state index contributed by atoms with van der Waals surface area (Å²) in [5, 5.41) is 5.11. The molecule has 1 aromatic heterocycles. The number of para-hydroxylation sites is 1. The average molecular weight is 645 g/mol. The Morgan fingerprint density at radius 2 is 1.68 bits per heavy atom. The van der Waals surface area contributed by atoms with Crippen molar-refractivity contribution in [3.63, 3.8) is 0 Å². The normalized spacial score (nSPS) is 11.0. The average Bonchev–Trinajstić information content (AvgIpc) is 3.39. The lowest BCUT2D eigenvalue weighted by molar-refractivity contribution is 0.0729. The first-order chi connectivity index (χ1) is 19.5. The second-order valence-corrected chi connectivity index (χ2v) is 9.80. The molecule has 0 aliphatic carbocycles. The van der Waals surface area contributed by atoms with Crippen molar-refractivity contribution in [2.24, 2.45) is 5.10 Å². The van der Waals surface area contributed by atoms with E-state index in [0.29, 0.717) is 28.3 Å². The molecule has 0 bridgehead atoms. The van der Waals surface area contributed by atoms with Gasteiger partial charge in [-0.3, -0.25) is 4.79 Å². The third kappa shape index (κ3) is 5.69. The first-order valence-electron chi connectivity index (χ1n) is 12.2. The lowest BCUT2D eigenvalue weighted by Gasteiger charge is -2.10. The highest BCUT2D eigenvalue weighted by Crippen LogP contribution is 2.34. The SMILES string of the molecule is COc1cccc(C(=O)Oc2ccc(C=NNC(=O)c3[nH]c4c(I)cccc4c3-c3ccccc3)cc2OC)c1. The Hall–Kier alpha value is -4.64. The number of hydrogen-bond donors (Lipinski definition) is 2. The van der Waals surface area contributed by atoms with E-state index in [4.69, 9.17) is 14.2 Å². The molecule has 5 rings (SSSR count). The maximum Gasteiger partial charge on any atom is 0.343 e. The molecule has 0 aliphatic heterocycles. The largest absolute Gasteiger partial charge is 0.497 e. The fourth-order valence-corrected chi connectivity index (χ4v) is 4.87. The lowest BCUT2D eigenvalue weighted by atomic mass is 10.0. The van der Waals surface area contributed by atoms with Crippen molar-refractivity contribution in [2.75, 3.05) is 14.2 Å². The number of hydrogen-bond acceptors (Lipinski definition) is 6. The number of ether oxygens (including phenoxy) is 3. The van der Waals surface area contributed by atoms with Crippen LogP contribution < -0.4 is 19.6 Å². The van der Waals surface area contributed by atoms with Crippen LogP contribution in [0.4, 0.5) is 0 Å². The third-order valence-electron chi connectivity index (χ3n) is 6.15. The number of nitrogens with zero attached hydrogens (tertiary/aromatic N) is 1. The van der Waals surface area contributed by atoms with Gasteiger partial charge in [0.05, 0.1) is 31.5 Å². The standard InChI is InChI=1S/C31H24IN3O5/c1-38-22-11-6-10-21(17-22)31(37)40-25-15-14-19(16-26(25)39-2)18-33-35-30(36)29-27(20-8-4-3-5-9-20)23-12-7-13-24(32)28(23)34-29/h3-18,34H,1-2H3,(H,35,36). The summed E-state index contributed by atoms with van der Waals surface area (Å²) in [7, 11) is 3.00. The van der Waals surface area contributed by atoms with Crippen LogP contribution in [-0.4, -0.2) is 37.3 Å². The number of rotatable bonds is 8. The molecule has 0 saturated heterocycles. The molecule has 0 spiro atoms. The van der Waals surface area contributed by atoms with Crippen molar-refractivity contribution < 1.29 is 23.8 Å². The van der Waals surface area contributed by atoms with Crippen LogP contribution in [0.5, 0.6) is 17.2 Å². The van der Waals surface area contributed by atoms with Crippen LogP contribution in [0.25, 0.3) is 22.0 Å². The van der Waals surface area contributed by atoms with Gasteiger partial charge in [0.25, 0.3) is 5.91 Å². The van der Waals surface area contributed by atoms with Crippen LogP contribution in [0.3, 0.4) is 0 Å². The number of esters is 1. The Morgan fingerprint density at radius 1 is 0.875 bits per heavy atom. The predicted molar refractivity (Wildman–Crippen MR) is 162 cm³/mol. The van der Waals surface area contributed by atoms with Gasteiger partial charge in [0.1, 0.15) is 11.4 Å². The fraction of sp³-hybridized carbons (Fsp3) is 0.0645. The minimum atomic E-state index is -0.548. The zero-order chi connectivity index (χ0) is 28.1. The quantitative estimate of drug-likeness (QED) is 0.0665.